The van der Waals surface area contributed by atoms with E-state index in [9.17, 15) is 4.39 Å². The smallest absolute Gasteiger partial charge is 0.0934 e. The van der Waals surface area contributed by atoms with Gasteiger partial charge in [-0.25, -0.2) is 0 Å². The number of hydrogen-bond donors (Lipinski definition) is 0. The van der Waals surface area contributed by atoms with Crippen molar-refractivity contribution in [1.82, 2.24) is 0 Å². The number of halogens is 1. The van der Waals surface area contributed by atoms with Crippen molar-refractivity contribution < 1.29 is 4.39 Å². The van der Waals surface area contributed by atoms with Gasteiger partial charge in [0.05, 0.1) is 19.2 Å². The Morgan fingerprint density at radius 2 is 1.92 bits per heavy atom. The second-order valence-electron chi connectivity index (χ2n) is 2.54. The highest BCUT2D eigenvalue weighted by atomic mass is 19.1. The van der Waals surface area contributed by atoms with Gasteiger partial charge in [-0.3, -0.25) is 4.39 Å². The molecule has 0 saturated carbocycles. The van der Waals surface area contributed by atoms with E-state index >= 15 is 0 Å². The second-order valence-corrected chi connectivity index (χ2v) is 2.54. The molecule has 2 heteroatoms. The number of benzene rings is 1. The zero-order chi connectivity index (χ0) is 8.81. The van der Waals surface area contributed by atoms with Crippen LogP contribution < -0.4 is 0 Å². The number of alkyl halides is 1. The maximum atomic E-state index is 12.0. The number of aryl methyl sites for hydroxylation is 1. The van der Waals surface area contributed by atoms with E-state index in [1.807, 2.05) is 24.3 Å². The van der Waals surface area contributed by atoms with Crippen LogP contribution in [0.5, 0.6) is 0 Å². The first-order valence-electron chi connectivity index (χ1n) is 3.88. The molecule has 0 aliphatic rings. The first-order valence-corrected chi connectivity index (χ1v) is 3.88. The topological polar surface area (TPSA) is 23.8 Å². The van der Waals surface area contributed by atoms with Crippen LogP contribution in [-0.2, 0) is 12.8 Å². The molecule has 0 heterocycles. The fourth-order valence-electron chi connectivity index (χ4n) is 1.16. The lowest BCUT2D eigenvalue weighted by Gasteiger charge is -2.02. The van der Waals surface area contributed by atoms with Crippen molar-refractivity contribution in [3.63, 3.8) is 0 Å². The molecule has 0 aliphatic carbocycles. The minimum atomic E-state index is -0.359. The van der Waals surface area contributed by atoms with Crippen LogP contribution >= 0.6 is 0 Å². The second kappa shape index (κ2) is 4.50. The van der Waals surface area contributed by atoms with Gasteiger partial charge in [-0.2, -0.15) is 5.26 Å². The molecule has 0 atom stereocenters. The Bertz CT molecular complexity index is 288. The molecule has 1 nitrogen and oxygen atoms in total. The molecule has 0 fully saturated rings. The minimum absolute atomic E-state index is 0.359. The Hall–Kier alpha value is -1.36. The van der Waals surface area contributed by atoms with E-state index in [2.05, 4.69) is 6.07 Å². The average Bonchev–Trinajstić information content (AvgIpc) is 2.09. The lowest BCUT2D eigenvalue weighted by Crippen LogP contribution is -1.93. The Labute approximate surface area is 71.4 Å². The molecular formula is C10H10FN. The predicted molar refractivity (Wildman–Crippen MR) is 45.4 cm³/mol. The molecule has 0 aromatic heterocycles. The Kier molecular flexibility index (Phi) is 3.28. The van der Waals surface area contributed by atoms with E-state index in [-0.39, 0.29) is 6.67 Å². The summed E-state index contributed by atoms with van der Waals surface area (Å²) in [4.78, 5) is 0. The highest BCUT2D eigenvalue weighted by Crippen LogP contribution is 2.09. The highest BCUT2D eigenvalue weighted by Gasteiger charge is 1.99. The maximum Gasteiger partial charge on any atom is 0.0934 e. The molecule has 12 heavy (non-hydrogen) atoms. The monoisotopic (exact) mass is 163 g/mol. The zero-order valence-corrected chi connectivity index (χ0v) is 6.76. The predicted octanol–water partition coefficient (Wildman–Crippen LogP) is 2.26. The molecule has 0 saturated heterocycles. The van der Waals surface area contributed by atoms with Crippen molar-refractivity contribution in [3.8, 4) is 6.07 Å². The summed E-state index contributed by atoms with van der Waals surface area (Å²) in [5.41, 5.74) is 1.89. The SMILES string of the molecule is N#CCc1ccccc1CCF. The van der Waals surface area contributed by atoms with Crippen LogP contribution in [0.25, 0.3) is 0 Å². The quantitative estimate of drug-likeness (QED) is 0.670. The molecule has 0 N–H and O–H groups in total. The lowest BCUT2D eigenvalue weighted by molar-refractivity contribution is 0.494. The van der Waals surface area contributed by atoms with Crippen LogP contribution in [0.4, 0.5) is 4.39 Å². The fourth-order valence-corrected chi connectivity index (χ4v) is 1.16. The third-order valence-electron chi connectivity index (χ3n) is 1.75. The molecule has 1 aromatic rings. The molecule has 0 bridgehead atoms. The Morgan fingerprint density at radius 3 is 2.50 bits per heavy atom. The van der Waals surface area contributed by atoms with E-state index in [0.29, 0.717) is 12.8 Å². The summed E-state index contributed by atoms with van der Waals surface area (Å²) in [6, 6.07) is 9.53. The summed E-state index contributed by atoms with van der Waals surface area (Å²) in [7, 11) is 0. The van der Waals surface area contributed by atoms with Crippen molar-refractivity contribution in [3.05, 3.63) is 35.4 Å². The highest BCUT2D eigenvalue weighted by molar-refractivity contribution is 5.29. The van der Waals surface area contributed by atoms with Gasteiger partial charge in [0.2, 0.25) is 0 Å². The molecule has 0 amide bonds. The number of nitriles is 1. The Morgan fingerprint density at radius 1 is 1.25 bits per heavy atom. The standard InChI is InChI=1S/C10H10FN/c11-7-5-9-3-1-2-4-10(9)6-8-12/h1-4H,5-7H2. The number of rotatable bonds is 3. The van der Waals surface area contributed by atoms with Crippen molar-refractivity contribution in [1.29, 1.82) is 5.26 Å². The third-order valence-corrected chi connectivity index (χ3v) is 1.75. The molecular weight excluding hydrogens is 153 g/mol. The molecule has 0 aliphatic heterocycles. The minimum Gasteiger partial charge on any atom is -0.251 e. The van der Waals surface area contributed by atoms with Gasteiger partial charge < -0.3 is 0 Å². The Balaban J connectivity index is 2.85. The van der Waals surface area contributed by atoms with E-state index < -0.39 is 0 Å². The summed E-state index contributed by atoms with van der Waals surface area (Å²) in [6.45, 7) is -0.359. The lowest BCUT2D eigenvalue weighted by atomic mass is 10.0. The van der Waals surface area contributed by atoms with E-state index in [4.69, 9.17) is 5.26 Å². The van der Waals surface area contributed by atoms with Crippen LogP contribution in [0.3, 0.4) is 0 Å². The first-order chi connectivity index (χ1) is 5.88. The largest absolute Gasteiger partial charge is 0.251 e. The van der Waals surface area contributed by atoms with Crippen molar-refractivity contribution in [2.75, 3.05) is 6.67 Å². The van der Waals surface area contributed by atoms with Crippen molar-refractivity contribution in [2.24, 2.45) is 0 Å². The van der Waals surface area contributed by atoms with Crippen LogP contribution in [0.2, 0.25) is 0 Å². The normalized spacial score (nSPS) is 9.33. The zero-order valence-electron chi connectivity index (χ0n) is 6.76. The fraction of sp³-hybridized carbons (Fsp3) is 0.300. The van der Waals surface area contributed by atoms with Gasteiger partial charge in [0.1, 0.15) is 0 Å². The van der Waals surface area contributed by atoms with E-state index in [0.717, 1.165) is 11.1 Å². The molecule has 0 spiro atoms. The van der Waals surface area contributed by atoms with Crippen molar-refractivity contribution in [2.45, 2.75) is 12.8 Å². The molecule has 1 rings (SSSR count). The van der Waals surface area contributed by atoms with Gasteiger partial charge >= 0.3 is 0 Å². The maximum absolute atomic E-state index is 12.0. The van der Waals surface area contributed by atoms with Gasteiger partial charge in [0, 0.05) is 6.42 Å². The molecule has 0 unspecified atom stereocenters. The summed E-state index contributed by atoms with van der Waals surface area (Å²) in [6.07, 6.45) is 0.786. The third kappa shape index (κ3) is 2.06. The summed E-state index contributed by atoms with van der Waals surface area (Å²) < 4.78 is 12.0. The molecule has 0 radical (unpaired) electrons. The van der Waals surface area contributed by atoms with Gasteiger partial charge in [-0.15, -0.1) is 0 Å². The van der Waals surface area contributed by atoms with E-state index in [1.165, 1.54) is 0 Å². The first kappa shape index (κ1) is 8.73. The van der Waals surface area contributed by atoms with Crippen LogP contribution in [0.1, 0.15) is 11.1 Å². The van der Waals surface area contributed by atoms with Gasteiger partial charge in [0.15, 0.2) is 0 Å². The summed E-state index contributed by atoms with van der Waals surface area (Å²) in [5.74, 6) is 0. The van der Waals surface area contributed by atoms with Crippen molar-refractivity contribution >= 4 is 0 Å². The number of hydrogen-bond acceptors (Lipinski definition) is 1. The molecule has 1 aromatic carbocycles. The van der Waals surface area contributed by atoms with Crippen LogP contribution in [0, 0.1) is 11.3 Å². The molecule has 62 valence electrons. The van der Waals surface area contributed by atoms with Crippen LogP contribution in [0.15, 0.2) is 24.3 Å². The van der Waals surface area contributed by atoms with Gasteiger partial charge in [0.25, 0.3) is 0 Å². The number of nitrogens with zero attached hydrogens (tertiary/aromatic N) is 1. The summed E-state index contributed by atoms with van der Waals surface area (Å²) in [5, 5.41) is 8.47. The summed E-state index contributed by atoms with van der Waals surface area (Å²) >= 11 is 0. The van der Waals surface area contributed by atoms with E-state index in [1.54, 1.807) is 0 Å². The van der Waals surface area contributed by atoms with Crippen LogP contribution in [-0.4, -0.2) is 6.67 Å². The van der Waals surface area contributed by atoms with Gasteiger partial charge in [-0.05, 0) is 11.1 Å². The average molecular weight is 163 g/mol. The van der Waals surface area contributed by atoms with Gasteiger partial charge in [-0.1, -0.05) is 24.3 Å².